The number of carbonyl (C=O) groups excluding carboxylic acids is 3. The van der Waals surface area contributed by atoms with Crippen molar-refractivity contribution in [1.29, 1.82) is 0 Å². The van der Waals surface area contributed by atoms with Crippen LogP contribution in [0.4, 0.5) is 11.4 Å². The van der Waals surface area contributed by atoms with Gasteiger partial charge in [-0.2, -0.15) is 0 Å². The van der Waals surface area contributed by atoms with Gasteiger partial charge in [0.1, 0.15) is 11.5 Å². The van der Waals surface area contributed by atoms with Gasteiger partial charge < -0.3 is 10.2 Å². The second kappa shape index (κ2) is 9.29. The van der Waals surface area contributed by atoms with Gasteiger partial charge in [0.15, 0.2) is 11.6 Å². The third kappa shape index (κ3) is 3.49. The number of amides is 1. The Morgan fingerprint density at radius 3 is 2.33 bits per heavy atom. The predicted octanol–water partition coefficient (Wildman–Crippen LogP) is 6.96. The first-order chi connectivity index (χ1) is 19.4. The summed E-state index contributed by atoms with van der Waals surface area (Å²) < 4.78 is 0.840. The normalized spacial score (nSPS) is 23.9. The molecule has 1 fully saturated rings. The number of nitrogens with one attached hydrogen (secondary N) is 1. The molecule has 0 radical (unpaired) electrons. The van der Waals surface area contributed by atoms with Crippen LogP contribution in [0.3, 0.4) is 0 Å². The minimum atomic E-state index is -1.34. The van der Waals surface area contributed by atoms with E-state index in [9.17, 15) is 14.4 Å². The molecule has 7 rings (SSSR count). The van der Waals surface area contributed by atoms with Crippen LogP contribution in [-0.2, 0) is 10.2 Å². The second-order valence-corrected chi connectivity index (χ2v) is 11.7. The van der Waals surface area contributed by atoms with Crippen molar-refractivity contribution in [2.24, 2.45) is 5.92 Å². The van der Waals surface area contributed by atoms with E-state index >= 15 is 0 Å². The summed E-state index contributed by atoms with van der Waals surface area (Å²) >= 11 is 9.81. The van der Waals surface area contributed by atoms with E-state index < -0.39 is 23.4 Å². The van der Waals surface area contributed by atoms with E-state index in [1.807, 2.05) is 71.6 Å². The Balaban J connectivity index is 1.54. The Morgan fingerprint density at radius 2 is 1.55 bits per heavy atom. The summed E-state index contributed by atoms with van der Waals surface area (Å²) in [4.78, 5) is 45.6. The number of hydrogen-bond donors (Lipinski definition) is 1. The lowest BCUT2D eigenvalue weighted by atomic mass is 9.64. The maximum atomic E-state index is 14.7. The predicted molar refractivity (Wildman–Crippen MR) is 160 cm³/mol. The molecule has 4 aromatic rings. The summed E-state index contributed by atoms with van der Waals surface area (Å²) in [6.07, 6.45) is 3.88. The van der Waals surface area contributed by atoms with Gasteiger partial charge in [-0.25, -0.2) is 0 Å². The fourth-order valence-corrected chi connectivity index (χ4v) is 7.16. The molecule has 1 N–H and O–H groups in total. The molecule has 3 aliphatic heterocycles. The number of para-hydroxylation sites is 1. The fourth-order valence-electron chi connectivity index (χ4n) is 6.72. The number of benzene rings is 4. The Hall–Kier alpha value is -4.00. The van der Waals surface area contributed by atoms with Crippen LogP contribution >= 0.6 is 27.5 Å². The van der Waals surface area contributed by atoms with Gasteiger partial charge in [-0.05, 0) is 47.5 Å². The highest BCUT2D eigenvalue weighted by Gasteiger charge is 2.70. The summed E-state index contributed by atoms with van der Waals surface area (Å²) in [5.74, 6) is -1.77. The molecule has 0 aliphatic carbocycles. The largest absolute Gasteiger partial charge is 0.352 e. The highest BCUT2D eigenvalue weighted by Crippen LogP contribution is 2.58. The van der Waals surface area contributed by atoms with E-state index in [-0.39, 0.29) is 17.5 Å². The van der Waals surface area contributed by atoms with Crippen molar-refractivity contribution in [1.82, 2.24) is 0 Å². The molecule has 40 heavy (non-hydrogen) atoms. The van der Waals surface area contributed by atoms with Crippen LogP contribution in [0.2, 0.25) is 5.02 Å². The number of rotatable bonds is 4. The first-order valence-electron chi connectivity index (χ1n) is 13.0. The van der Waals surface area contributed by atoms with Gasteiger partial charge >= 0.3 is 0 Å². The zero-order valence-corrected chi connectivity index (χ0v) is 23.4. The Bertz CT molecular complexity index is 1740. The van der Waals surface area contributed by atoms with Crippen molar-refractivity contribution < 1.29 is 14.4 Å². The number of ketones is 2. The SMILES string of the molecule is O=C(c1ccccc1)[C@@H]1[C@H](C(=O)c2ccc(Br)cc2)N2c3ccc(Cl)cc3C=C[C@@H]2[C@@]12C(=O)Nc1ccccc12. The Kier molecular flexibility index (Phi) is 5.81. The van der Waals surface area contributed by atoms with Crippen molar-refractivity contribution in [3.8, 4) is 0 Å². The summed E-state index contributed by atoms with van der Waals surface area (Å²) in [6.45, 7) is 0. The van der Waals surface area contributed by atoms with Gasteiger partial charge in [-0.3, -0.25) is 14.4 Å². The van der Waals surface area contributed by atoms with Crippen molar-refractivity contribution in [3.05, 3.63) is 135 Å². The molecule has 4 aromatic carbocycles. The molecule has 0 bridgehead atoms. The molecule has 1 amide bonds. The van der Waals surface area contributed by atoms with E-state index in [1.54, 1.807) is 42.5 Å². The molecule has 0 unspecified atom stereocenters. The molecular formula is C33H22BrClN2O3. The van der Waals surface area contributed by atoms with Crippen LogP contribution in [0.25, 0.3) is 6.08 Å². The van der Waals surface area contributed by atoms with Gasteiger partial charge in [0.05, 0.1) is 12.0 Å². The summed E-state index contributed by atoms with van der Waals surface area (Å²) in [5.41, 5.74) is 2.54. The number of carbonyl (C=O) groups is 3. The van der Waals surface area contributed by atoms with E-state index in [1.165, 1.54) is 0 Å². The topological polar surface area (TPSA) is 66.5 Å². The average molecular weight is 610 g/mol. The highest BCUT2D eigenvalue weighted by atomic mass is 79.9. The molecule has 0 aromatic heterocycles. The smallest absolute Gasteiger partial charge is 0.238 e. The van der Waals surface area contributed by atoms with Gasteiger partial charge in [-0.1, -0.05) is 100 Å². The Labute approximate surface area is 244 Å². The van der Waals surface area contributed by atoms with Gasteiger partial charge in [0.25, 0.3) is 0 Å². The molecule has 3 aliphatic rings. The lowest BCUT2D eigenvalue weighted by molar-refractivity contribution is -0.121. The second-order valence-electron chi connectivity index (χ2n) is 10.3. The van der Waals surface area contributed by atoms with E-state index in [0.717, 1.165) is 21.3 Å². The number of Topliss-reactive ketones (excluding diaryl/α,β-unsaturated/α-hetero) is 2. The van der Waals surface area contributed by atoms with Crippen molar-refractivity contribution in [3.63, 3.8) is 0 Å². The fraction of sp³-hybridized carbons (Fsp3) is 0.121. The van der Waals surface area contributed by atoms with Gasteiger partial charge in [0.2, 0.25) is 5.91 Å². The lowest BCUT2D eigenvalue weighted by Gasteiger charge is -2.37. The molecule has 196 valence electrons. The first-order valence-corrected chi connectivity index (χ1v) is 14.1. The number of anilines is 2. The maximum Gasteiger partial charge on any atom is 0.238 e. The van der Waals surface area contributed by atoms with Crippen LogP contribution in [0, 0.1) is 5.92 Å². The highest BCUT2D eigenvalue weighted by molar-refractivity contribution is 9.10. The number of fused-ring (bicyclic) bond motifs is 6. The zero-order valence-electron chi connectivity index (χ0n) is 21.1. The van der Waals surface area contributed by atoms with Gasteiger partial charge in [0, 0.05) is 32.0 Å². The molecule has 0 saturated carbocycles. The van der Waals surface area contributed by atoms with Crippen LogP contribution < -0.4 is 10.2 Å². The third-order valence-corrected chi connectivity index (χ3v) is 9.10. The quantitative estimate of drug-likeness (QED) is 0.254. The minimum Gasteiger partial charge on any atom is -0.352 e. The monoisotopic (exact) mass is 608 g/mol. The maximum absolute atomic E-state index is 14.7. The summed E-state index contributed by atoms with van der Waals surface area (Å²) in [6, 6.07) is 27.5. The van der Waals surface area contributed by atoms with Crippen molar-refractivity contribution in [2.45, 2.75) is 17.5 Å². The average Bonchev–Trinajstić information content (AvgIpc) is 3.45. The standard InChI is InChI=1S/C33H22BrClN2O3/c34-22-13-10-20(11-14-22)31(39)29-28(30(38)19-6-2-1-3-7-19)33(24-8-4-5-9-25(24)36-32(33)40)27-17-12-21-18-23(35)15-16-26(21)37(27)29/h1-18,27-29H,(H,36,40)/t27-,28+,29-,33-/m1/s1. The molecule has 7 heteroatoms. The molecular weight excluding hydrogens is 588 g/mol. The zero-order chi connectivity index (χ0) is 27.6. The van der Waals surface area contributed by atoms with Gasteiger partial charge in [-0.15, -0.1) is 0 Å². The number of hydrogen-bond acceptors (Lipinski definition) is 4. The van der Waals surface area contributed by atoms with E-state index in [0.29, 0.717) is 21.8 Å². The molecule has 4 atom stereocenters. The first kappa shape index (κ1) is 25.0. The van der Waals surface area contributed by atoms with E-state index in [2.05, 4.69) is 21.2 Å². The third-order valence-electron chi connectivity index (χ3n) is 8.33. The van der Waals surface area contributed by atoms with Crippen LogP contribution in [0.5, 0.6) is 0 Å². The number of halogens is 2. The van der Waals surface area contributed by atoms with Crippen molar-refractivity contribution in [2.75, 3.05) is 10.2 Å². The number of nitrogens with zero attached hydrogens (tertiary/aromatic N) is 1. The summed E-state index contributed by atoms with van der Waals surface area (Å²) in [7, 11) is 0. The van der Waals surface area contributed by atoms with E-state index in [4.69, 9.17) is 11.6 Å². The Morgan fingerprint density at radius 1 is 0.850 bits per heavy atom. The lowest BCUT2D eigenvalue weighted by Crippen LogP contribution is -2.51. The molecule has 1 saturated heterocycles. The molecule has 1 spiro atoms. The van der Waals surface area contributed by atoms with Crippen LogP contribution in [-0.4, -0.2) is 29.6 Å². The summed E-state index contributed by atoms with van der Waals surface area (Å²) in [5, 5.41) is 3.61. The van der Waals surface area contributed by atoms with Crippen LogP contribution in [0.15, 0.2) is 108 Å². The minimum absolute atomic E-state index is 0.225. The molecule has 5 nitrogen and oxygen atoms in total. The van der Waals surface area contributed by atoms with Crippen LogP contribution in [0.1, 0.15) is 31.8 Å². The molecule has 3 heterocycles. The van der Waals surface area contributed by atoms with Crippen molar-refractivity contribution >= 4 is 62.5 Å².